The lowest BCUT2D eigenvalue weighted by Gasteiger charge is -2.29. The third-order valence-corrected chi connectivity index (χ3v) is 5.62. The minimum atomic E-state index is -3.73. The largest absolute Gasteiger partial charge is 0.453 e. The summed E-state index contributed by atoms with van der Waals surface area (Å²) in [6.45, 7) is -12.9. The van der Waals surface area contributed by atoms with E-state index in [0.29, 0.717) is 11.1 Å². The van der Waals surface area contributed by atoms with Gasteiger partial charge in [-0.25, -0.2) is 10.2 Å². The molecule has 0 bridgehead atoms. The Kier molecular flexibility index (Phi) is 7.40. The van der Waals surface area contributed by atoms with Gasteiger partial charge in [0.05, 0.1) is 18.5 Å². The molecule has 6 N–H and O–H groups in total. The van der Waals surface area contributed by atoms with Crippen molar-refractivity contribution in [3.63, 3.8) is 0 Å². The molecular formula is C32H39N7O3. The first-order valence-electron chi connectivity index (χ1n) is 18.1. The zero-order valence-electron chi connectivity index (χ0n) is 33.7. The quantitative estimate of drug-likeness (QED) is 0.145. The molecule has 0 fully saturated rings. The topological polar surface area (TPSA) is 143 Å². The Hall–Kier alpha value is -4.64. The van der Waals surface area contributed by atoms with Crippen molar-refractivity contribution in [1.29, 1.82) is 0 Å². The van der Waals surface area contributed by atoms with Crippen LogP contribution in [0.4, 0.5) is 4.79 Å². The van der Waals surface area contributed by atoms with Crippen LogP contribution in [0.3, 0.4) is 0 Å². The molecule has 2 heterocycles. The number of rotatable bonds is 9. The number of nitrogens with two attached hydrogens (primary N) is 1. The molecule has 2 amide bonds. The van der Waals surface area contributed by atoms with Gasteiger partial charge in [-0.1, -0.05) is 81.2 Å². The molecule has 0 radical (unpaired) electrons. The lowest BCUT2D eigenvalue weighted by atomic mass is 9.86. The van der Waals surface area contributed by atoms with Crippen molar-refractivity contribution in [3.05, 3.63) is 108 Å². The van der Waals surface area contributed by atoms with Crippen LogP contribution in [0.25, 0.3) is 22.5 Å². The molecule has 0 saturated carbocycles. The standard InChI is InChI=1S/C20H26N4O3.C12H13N3/c1-20(2,3)17(23-19(26)27-4)18(25)24-22-13-14-8-10-15(11-9-14)16-7-5-6-12-21-16;13-15-9-10-4-6-11(7-5-10)12-3-1-2-8-14-12/h5-12,17,22H,13H2,1-4H3,(H,23,26)(H,24,25);1-8,15H,9,13H2/t17-;/m1./s1/i1D3,2D3,3D3;9D2. The molecule has 10 nitrogen and oxygen atoms in total. The van der Waals surface area contributed by atoms with Crippen molar-refractivity contribution in [2.45, 2.75) is 39.6 Å². The number of carbonyl (C=O) groups excluding carboxylic acids is 2. The summed E-state index contributed by atoms with van der Waals surface area (Å²) in [5.41, 5.74) is 7.63. The summed E-state index contributed by atoms with van der Waals surface area (Å²) in [5, 5.41) is 1.80. The Labute approximate surface area is 262 Å². The summed E-state index contributed by atoms with van der Waals surface area (Å²) in [4.78, 5) is 33.4. The first-order valence-corrected chi connectivity index (χ1v) is 12.6. The monoisotopic (exact) mass is 580 g/mol. The molecular weight excluding hydrogens is 530 g/mol. The fourth-order valence-corrected chi connectivity index (χ4v) is 3.52. The zero-order chi connectivity index (χ0) is 39.7. The number of aromatic nitrogens is 2. The number of carbonyl (C=O) groups is 2. The van der Waals surface area contributed by atoms with Crippen LogP contribution in [0, 0.1) is 5.41 Å². The minimum absolute atomic E-state index is 0.00147. The maximum Gasteiger partial charge on any atom is 0.407 e. The predicted molar refractivity (Wildman–Crippen MR) is 164 cm³/mol. The molecule has 42 heavy (non-hydrogen) atoms. The van der Waals surface area contributed by atoms with Crippen molar-refractivity contribution < 1.29 is 29.4 Å². The number of amides is 2. The number of alkyl carbamates (subject to hydrolysis) is 1. The highest BCUT2D eigenvalue weighted by Gasteiger charge is 2.33. The van der Waals surface area contributed by atoms with Crippen molar-refractivity contribution in [2.75, 3.05) is 7.11 Å². The van der Waals surface area contributed by atoms with Crippen LogP contribution < -0.4 is 27.4 Å². The fourth-order valence-electron chi connectivity index (χ4n) is 3.52. The van der Waals surface area contributed by atoms with E-state index in [9.17, 15) is 9.59 Å². The van der Waals surface area contributed by atoms with E-state index in [4.69, 9.17) is 20.9 Å². The molecule has 4 rings (SSSR count). The van der Waals surface area contributed by atoms with E-state index in [1.54, 1.807) is 60.2 Å². The Morgan fingerprint density at radius 3 is 1.88 bits per heavy atom. The lowest BCUT2D eigenvalue weighted by molar-refractivity contribution is -0.126. The smallest absolute Gasteiger partial charge is 0.407 e. The van der Waals surface area contributed by atoms with Gasteiger partial charge in [0.15, 0.2) is 0 Å². The van der Waals surface area contributed by atoms with Crippen LogP contribution in [0.5, 0.6) is 0 Å². The molecule has 2 aromatic heterocycles. The van der Waals surface area contributed by atoms with Crippen LogP contribution in [0.15, 0.2) is 97.3 Å². The van der Waals surface area contributed by atoms with Crippen LogP contribution in [-0.2, 0) is 22.6 Å². The van der Waals surface area contributed by atoms with Gasteiger partial charge >= 0.3 is 6.09 Å². The number of nitrogens with one attached hydrogen (secondary N) is 4. The first-order chi connectivity index (χ1) is 24.7. The van der Waals surface area contributed by atoms with Gasteiger partial charge in [0.1, 0.15) is 6.04 Å². The first kappa shape index (κ1) is 19.5. The number of ether oxygens (including phenoxy) is 1. The Balaban J connectivity index is 0.000000368. The molecule has 4 aromatic rings. The third-order valence-electron chi connectivity index (χ3n) is 5.62. The van der Waals surface area contributed by atoms with E-state index in [1.165, 1.54) is 0 Å². The summed E-state index contributed by atoms with van der Waals surface area (Å²) < 4.78 is 89.7. The predicted octanol–water partition coefficient (Wildman–Crippen LogP) is 4.35. The van der Waals surface area contributed by atoms with Crippen LogP contribution >= 0.6 is 0 Å². The second-order valence-electron chi connectivity index (χ2n) is 8.69. The van der Waals surface area contributed by atoms with Gasteiger partial charge in [0.2, 0.25) is 0 Å². The van der Waals surface area contributed by atoms with Crippen molar-refractivity contribution in [1.82, 2.24) is 31.6 Å². The van der Waals surface area contributed by atoms with Crippen molar-refractivity contribution >= 4 is 12.0 Å². The molecule has 0 aliphatic rings. The number of pyridine rings is 2. The minimum Gasteiger partial charge on any atom is -0.453 e. The van der Waals surface area contributed by atoms with Gasteiger partial charge in [-0.3, -0.25) is 31.5 Å². The fraction of sp³-hybridized carbons (Fsp3) is 0.250. The van der Waals surface area contributed by atoms with Gasteiger partial charge in [-0.05, 0) is 40.8 Å². The van der Waals surface area contributed by atoms with E-state index in [0.717, 1.165) is 29.6 Å². The number of nitrogens with zero attached hydrogens (tertiary/aromatic N) is 2. The maximum atomic E-state index is 13.0. The van der Waals surface area contributed by atoms with Gasteiger partial charge in [-0.2, -0.15) is 0 Å². The number of hydrogen-bond acceptors (Lipinski definition) is 8. The Morgan fingerprint density at radius 2 is 1.43 bits per heavy atom. The van der Waals surface area contributed by atoms with E-state index in [1.807, 2.05) is 42.5 Å². The van der Waals surface area contributed by atoms with E-state index < -0.39 is 50.5 Å². The normalized spacial score (nSPS) is 16.6. The van der Waals surface area contributed by atoms with E-state index in [-0.39, 0.29) is 6.54 Å². The summed E-state index contributed by atoms with van der Waals surface area (Å²) in [6, 6.07) is 22.7. The van der Waals surface area contributed by atoms with Crippen molar-refractivity contribution in [2.24, 2.45) is 11.3 Å². The van der Waals surface area contributed by atoms with Crippen molar-refractivity contribution in [3.8, 4) is 22.5 Å². The molecule has 1 atom stereocenters. The zero-order valence-corrected chi connectivity index (χ0v) is 22.7. The summed E-state index contributed by atoms with van der Waals surface area (Å²) >= 11 is 0. The summed E-state index contributed by atoms with van der Waals surface area (Å²) in [7, 11) is 0.888. The highest BCUT2D eigenvalue weighted by molar-refractivity contribution is 5.86. The molecule has 10 heteroatoms. The maximum absolute atomic E-state index is 13.0. The summed E-state index contributed by atoms with van der Waals surface area (Å²) in [5.74, 6) is 3.76. The Bertz CT molecular complexity index is 1740. The number of benzene rings is 2. The number of hydrogen-bond donors (Lipinski definition) is 5. The van der Waals surface area contributed by atoms with Gasteiger partial charge in [0.25, 0.3) is 5.91 Å². The van der Waals surface area contributed by atoms with Crippen LogP contribution in [0.2, 0.25) is 0 Å². The molecule has 2 aromatic carbocycles. The van der Waals surface area contributed by atoms with Crippen LogP contribution in [0.1, 0.15) is 46.8 Å². The molecule has 220 valence electrons. The summed E-state index contributed by atoms with van der Waals surface area (Å²) in [6.07, 6.45) is 1.99. The average molecular weight is 581 g/mol. The van der Waals surface area contributed by atoms with Crippen LogP contribution in [-0.4, -0.2) is 35.1 Å². The second kappa shape index (κ2) is 16.0. The van der Waals surface area contributed by atoms with Gasteiger partial charge < -0.3 is 10.1 Å². The SMILES string of the molecule is [2H]C([2H])(NN)c1ccc(-c2ccccn2)cc1.[2H]C([2H])([2H])C([C@H](NC(=O)OC)C(=O)NNCc1ccc(-c2ccccn2)cc1)(C([2H])([2H])[2H])C([2H])([2H])[2H]. The average Bonchev–Trinajstić information content (AvgIpc) is 3.11. The molecule has 0 aliphatic heterocycles. The highest BCUT2D eigenvalue weighted by Crippen LogP contribution is 2.20. The Morgan fingerprint density at radius 1 is 0.881 bits per heavy atom. The molecule has 0 unspecified atom stereocenters. The second-order valence-corrected chi connectivity index (χ2v) is 8.69. The molecule has 0 saturated heterocycles. The lowest BCUT2D eigenvalue weighted by Crippen LogP contribution is -2.56. The third kappa shape index (κ3) is 10.1. The number of methoxy groups -OCH3 is 1. The number of hydrazine groups is 2. The van der Waals surface area contributed by atoms with E-state index >= 15 is 0 Å². The molecule has 0 spiro atoms. The van der Waals surface area contributed by atoms with E-state index in [2.05, 4.69) is 31.0 Å². The molecule has 0 aliphatic carbocycles. The van der Waals surface area contributed by atoms with Gasteiger partial charge in [-0.15, -0.1) is 0 Å². The van der Waals surface area contributed by atoms with Gasteiger partial charge in [0, 0.05) is 51.6 Å². The highest BCUT2D eigenvalue weighted by atomic mass is 16.5.